The normalized spacial score (nSPS) is 10.9. The van der Waals surface area contributed by atoms with Gasteiger partial charge in [0.25, 0.3) is 0 Å². The highest BCUT2D eigenvalue weighted by atomic mass is 16.1. The fourth-order valence-corrected chi connectivity index (χ4v) is 2.24. The monoisotopic (exact) mass is 265 g/mol. The van der Waals surface area contributed by atoms with E-state index in [2.05, 4.69) is 29.1 Å². The molecule has 0 aliphatic carbocycles. The summed E-state index contributed by atoms with van der Waals surface area (Å²) in [5.41, 5.74) is 4.36. The highest BCUT2D eigenvalue weighted by molar-refractivity contribution is 5.95. The zero-order valence-corrected chi connectivity index (χ0v) is 11.5. The maximum Gasteiger partial charge on any atom is 0.182 e. The molecular formula is C16H15N3O. The number of carbonyl (C=O) groups is 1. The third-order valence-corrected chi connectivity index (χ3v) is 3.28. The SMILES string of the molecule is CCC(=O)c1cc2nccc(-c3cccc(C)c3)n2n1. The summed E-state index contributed by atoms with van der Waals surface area (Å²) in [6, 6.07) is 11.8. The number of rotatable bonds is 3. The Balaban J connectivity index is 2.21. The zero-order chi connectivity index (χ0) is 14.1. The Morgan fingerprint density at radius 1 is 1.25 bits per heavy atom. The fourth-order valence-electron chi connectivity index (χ4n) is 2.24. The predicted molar refractivity (Wildman–Crippen MR) is 77.8 cm³/mol. The van der Waals surface area contributed by atoms with E-state index in [-0.39, 0.29) is 5.78 Å². The zero-order valence-electron chi connectivity index (χ0n) is 11.5. The summed E-state index contributed by atoms with van der Waals surface area (Å²) in [5, 5.41) is 4.39. The lowest BCUT2D eigenvalue weighted by Gasteiger charge is -2.05. The number of benzene rings is 1. The Morgan fingerprint density at radius 2 is 2.10 bits per heavy atom. The number of fused-ring (bicyclic) bond motifs is 1. The molecule has 0 aliphatic heterocycles. The first-order valence-corrected chi connectivity index (χ1v) is 6.64. The first-order valence-electron chi connectivity index (χ1n) is 6.64. The van der Waals surface area contributed by atoms with Gasteiger partial charge in [-0.1, -0.05) is 30.7 Å². The number of aromatic nitrogens is 3. The summed E-state index contributed by atoms with van der Waals surface area (Å²) < 4.78 is 1.73. The van der Waals surface area contributed by atoms with Crippen LogP contribution in [0.3, 0.4) is 0 Å². The summed E-state index contributed by atoms with van der Waals surface area (Å²) in [7, 11) is 0. The third kappa shape index (κ3) is 2.09. The lowest BCUT2D eigenvalue weighted by molar-refractivity contribution is 0.0983. The fraction of sp³-hybridized carbons (Fsp3) is 0.188. The Bertz CT molecular complexity index is 789. The highest BCUT2D eigenvalue weighted by Gasteiger charge is 2.12. The van der Waals surface area contributed by atoms with Gasteiger partial charge in [0.2, 0.25) is 0 Å². The number of nitrogens with zero attached hydrogens (tertiary/aromatic N) is 3. The van der Waals surface area contributed by atoms with Crippen molar-refractivity contribution in [1.29, 1.82) is 0 Å². The average molecular weight is 265 g/mol. The Labute approximate surface area is 117 Å². The van der Waals surface area contributed by atoms with Gasteiger partial charge in [0, 0.05) is 24.2 Å². The molecule has 3 aromatic rings. The molecular weight excluding hydrogens is 250 g/mol. The molecule has 4 nitrogen and oxygen atoms in total. The lowest BCUT2D eigenvalue weighted by Crippen LogP contribution is -2.00. The quantitative estimate of drug-likeness (QED) is 0.683. The predicted octanol–water partition coefficient (Wildman–Crippen LogP) is 3.30. The molecule has 2 aromatic heterocycles. The van der Waals surface area contributed by atoms with Gasteiger partial charge >= 0.3 is 0 Å². The molecule has 0 atom stereocenters. The van der Waals surface area contributed by atoms with Crippen LogP contribution in [0.2, 0.25) is 0 Å². The molecule has 0 spiro atoms. The van der Waals surface area contributed by atoms with E-state index >= 15 is 0 Å². The second kappa shape index (κ2) is 4.89. The van der Waals surface area contributed by atoms with Crippen LogP contribution in [0.1, 0.15) is 29.4 Å². The van der Waals surface area contributed by atoms with Crippen LogP contribution in [0.4, 0.5) is 0 Å². The van der Waals surface area contributed by atoms with Gasteiger partial charge in [-0.15, -0.1) is 0 Å². The third-order valence-electron chi connectivity index (χ3n) is 3.28. The number of ketones is 1. The second-order valence-electron chi connectivity index (χ2n) is 4.78. The minimum Gasteiger partial charge on any atom is -0.292 e. The molecule has 0 aliphatic rings. The van der Waals surface area contributed by atoms with Crippen LogP contribution in [0.15, 0.2) is 42.6 Å². The van der Waals surface area contributed by atoms with Gasteiger partial charge in [-0.2, -0.15) is 5.10 Å². The van der Waals surface area contributed by atoms with Crippen LogP contribution in [0, 0.1) is 6.92 Å². The van der Waals surface area contributed by atoms with E-state index in [0.717, 1.165) is 11.3 Å². The van der Waals surface area contributed by atoms with Gasteiger partial charge < -0.3 is 0 Å². The second-order valence-corrected chi connectivity index (χ2v) is 4.78. The van der Waals surface area contributed by atoms with Crippen molar-refractivity contribution in [2.45, 2.75) is 20.3 Å². The number of carbonyl (C=O) groups excluding carboxylic acids is 1. The van der Waals surface area contributed by atoms with E-state index in [4.69, 9.17) is 0 Å². The van der Waals surface area contributed by atoms with Crippen molar-refractivity contribution in [2.75, 3.05) is 0 Å². The highest BCUT2D eigenvalue weighted by Crippen LogP contribution is 2.21. The summed E-state index contributed by atoms with van der Waals surface area (Å²) in [4.78, 5) is 16.1. The van der Waals surface area contributed by atoms with Gasteiger partial charge in [-0.05, 0) is 19.1 Å². The molecule has 0 saturated carbocycles. The van der Waals surface area contributed by atoms with Crippen molar-refractivity contribution in [3.63, 3.8) is 0 Å². The van der Waals surface area contributed by atoms with Crippen LogP contribution >= 0.6 is 0 Å². The molecule has 3 rings (SSSR count). The molecule has 4 heteroatoms. The summed E-state index contributed by atoms with van der Waals surface area (Å²) in [6.07, 6.45) is 2.19. The summed E-state index contributed by atoms with van der Waals surface area (Å²) >= 11 is 0. The van der Waals surface area contributed by atoms with Crippen molar-refractivity contribution < 1.29 is 4.79 Å². The standard InChI is InChI=1S/C16H15N3O/c1-3-15(20)13-10-16-17-8-7-14(19(16)18-13)12-6-4-5-11(2)9-12/h4-10H,3H2,1-2H3. The first kappa shape index (κ1) is 12.5. The molecule has 0 fully saturated rings. The minimum absolute atomic E-state index is 0.0330. The van der Waals surface area contributed by atoms with E-state index < -0.39 is 0 Å². The maximum atomic E-state index is 11.8. The van der Waals surface area contributed by atoms with Gasteiger partial charge in [0.1, 0.15) is 5.69 Å². The van der Waals surface area contributed by atoms with E-state index in [1.807, 2.05) is 25.1 Å². The molecule has 2 heterocycles. The van der Waals surface area contributed by atoms with Gasteiger partial charge in [0.15, 0.2) is 11.4 Å². The van der Waals surface area contributed by atoms with Crippen LogP contribution in [-0.4, -0.2) is 20.4 Å². The average Bonchev–Trinajstić information content (AvgIpc) is 2.90. The van der Waals surface area contributed by atoms with E-state index in [1.54, 1.807) is 16.8 Å². The first-order chi connectivity index (χ1) is 9.69. The molecule has 100 valence electrons. The topological polar surface area (TPSA) is 47.3 Å². The lowest BCUT2D eigenvalue weighted by atomic mass is 10.1. The number of hydrogen-bond donors (Lipinski definition) is 0. The van der Waals surface area contributed by atoms with E-state index in [9.17, 15) is 4.79 Å². The van der Waals surface area contributed by atoms with Crippen molar-refractivity contribution >= 4 is 11.4 Å². The number of aryl methyl sites for hydroxylation is 1. The van der Waals surface area contributed by atoms with Crippen LogP contribution in [0.5, 0.6) is 0 Å². The molecule has 0 N–H and O–H groups in total. The van der Waals surface area contributed by atoms with Crippen molar-refractivity contribution in [3.8, 4) is 11.3 Å². The van der Waals surface area contributed by atoms with E-state index in [0.29, 0.717) is 17.8 Å². The smallest absolute Gasteiger partial charge is 0.182 e. The molecule has 0 saturated heterocycles. The number of hydrogen-bond acceptors (Lipinski definition) is 3. The van der Waals surface area contributed by atoms with Crippen LogP contribution in [0.25, 0.3) is 16.9 Å². The number of Topliss-reactive ketones (excluding diaryl/α,β-unsaturated/α-hetero) is 1. The molecule has 1 aromatic carbocycles. The van der Waals surface area contributed by atoms with Gasteiger partial charge in [-0.3, -0.25) is 4.79 Å². The molecule has 0 bridgehead atoms. The van der Waals surface area contributed by atoms with Crippen molar-refractivity contribution in [1.82, 2.24) is 14.6 Å². The largest absolute Gasteiger partial charge is 0.292 e. The Kier molecular flexibility index (Phi) is 3.06. The van der Waals surface area contributed by atoms with Gasteiger partial charge in [-0.25, -0.2) is 9.50 Å². The van der Waals surface area contributed by atoms with Crippen LogP contribution < -0.4 is 0 Å². The molecule has 20 heavy (non-hydrogen) atoms. The minimum atomic E-state index is 0.0330. The van der Waals surface area contributed by atoms with Crippen molar-refractivity contribution in [3.05, 3.63) is 53.9 Å². The molecule has 0 amide bonds. The Morgan fingerprint density at radius 3 is 2.85 bits per heavy atom. The molecule has 0 unspecified atom stereocenters. The summed E-state index contributed by atoms with van der Waals surface area (Å²) in [6.45, 7) is 3.89. The summed E-state index contributed by atoms with van der Waals surface area (Å²) in [5.74, 6) is 0.0330. The molecule has 0 radical (unpaired) electrons. The Hall–Kier alpha value is -2.49. The maximum absolute atomic E-state index is 11.8. The van der Waals surface area contributed by atoms with E-state index in [1.165, 1.54) is 5.56 Å². The van der Waals surface area contributed by atoms with Crippen molar-refractivity contribution in [2.24, 2.45) is 0 Å². The van der Waals surface area contributed by atoms with Crippen LogP contribution in [-0.2, 0) is 0 Å². The van der Waals surface area contributed by atoms with Gasteiger partial charge in [0.05, 0.1) is 5.69 Å².